The summed E-state index contributed by atoms with van der Waals surface area (Å²) in [5.74, 6) is -0.0332. The van der Waals surface area contributed by atoms with E-state index in [4.69, 9.17) is 0 Å². The zero-order chi connectivity index (χ0) is 36.4. The van der Waals surface area contributed by atoms with E-state index in [1.165, 1.54) is 186 Å². The molecule has 0 fully saturated rings. The van der Waals surface area contributed by atoms with Crippen LogP contribution >= 0.6 is 0 Å². The Morgan fingerprint density at radius 3 is 1.20 bits per heavy atom. The maximum Gasteiger partial charge on any atom is 0.220 e. The van der Waals surface area contributed by atoms with Gasteiger partial charge < -0.3 is 15.5 Å². The smallest absolute Gasteiger partial charge is 0.220 e. The van der Waals surface area contributed by atoms with Crippen molar-refractivity contribution in [1.82, 2.24) is 5.32 Å². The molecule has 0 rings (SSSR count). The maximum absolute atomic E-state index is 12.4. The third kappa shape index (κ3) is 38.1. The number of nitrogens with one attached hydrogen (secondary N) is 1. The van der Waals surface area contributed by atoms with Gasteiger partial charge in [-0.3, -0.25) is 4.79 Å². The fourth-order valence-corrected chi connectivity index (χ4v) is 6.98. The van der Waals surface area contributed by atoms with Crippen LogP contribution in [0.4, 0.5) is 0 Å². The number of carbonyl (C=O) groups is 1. The van der Waals surface area contributed by atoms with Crippen LogP contribution in [0.2, 0.25) is 0 Å². The van der Waals surface area contributed by atoms with Gasteiger partial charge >= 0.3 is 0 Å². The Hall–Kier alpha value is -1.13. The summed E-state index contributed by atoms with van der Waals surface area (Å²) in [5, 5.41) is 23.0. The molecule has 0 aliphatic heterocycles. The van der Waals surface area contributed by atoms with E-state index in [9.17, 15) is 15.0 Å². The van der Waals surface area contributed by atoms with E-state index in [-0.39, 0.29) is 12.5 Å². The predicted octanol–water partition coefficient (Wildman–Crippen LogP) is 14.0. The van der Waals surface area contributed by atoms with Crippen LogP contribution in [0.1, 0.15) is 245 Å². The van der Waals surface area contributed by atoms with Crippen LogP contribution in [0.25, 0.3) is 0 Å². The van der Waals surface area contributed by atoms with Gasteiger partial charge in [-0.1, -0.05) is 218 Å². The van der Waals surface area contributed by atoms with Crippen molar-refractivity contribution in [1.29, 1.82) is 0 Å². The number of unbranched alkanes of at least 4 members (excludes halogenated alkanes) is 30. The molecule has 0 aromatic heterocycles. The fourth-order valence-electron chi connectivity index (χ4n) is 6.98. The molecule has 2 unspecified atom stereocenters. The molecule has 296 valence electrons. The highest BCUT2D eigenvalue weighted by atomic mass is 16.3. The highest BCUT2D eigenvalue weighted by Crippen LogP contribution is 2.16. The normalized spacial score (nSPS) is 13.1. The highest BCUT2D eigenvalue weighted by molar-refractivity contribution is 5.76. The van der Waals surface area contributed by atoms with Crippen molar-refractivity contribution < 1.29 is 15.0 Å². The van der Waals surface area contributed by atoms with Crippen LogP contribution < -0.4 is 5.32 Å². The number of aliphatic hydroxyl groups is 2. The van der Waals surface area contributed by atoms with Crippen LogP contribution in [-0.4, -0.2) is 34.9 Å². The lowest BCUT2D eigenvalue weighted by atomic mass is 10.0. The minimum absolute atomic E-state index is 0.0332. The van der Waals surface area contributed by atoms with Gasteiger partial charge in [0.15, 0.2) is 0 Å². The van der Waals surface area contributed by atoms with E-state index in [0.717, 1.165) is 32.1 Å². The molecule has 0 aromatic rings. The summed E-state index contributed by atoms with van der Waals surface area (Å²) >= 11 is 0. The molecule has 0 heterocycles. The van der Waals surface area contributed by atoms with Crippen LogP contribution in [-0.2, 0) is 4.79 Å². The lowest BCUT2D eigenvalue weighted by molar-refractivity contribution is -0.123. The first-order chi connectivity index (χ1) is 24.7. The molecule has 2 atom stereocenters. The average molecular weight is 704 g/mol. The molecule has 0 bridgehead atoms. The van der Waals surface area contributed by atoms with Gasteiger partial charge in [-0.2, -0.15) is 0 Å². The molecule has 0 radical (unpaired) electrons. The van der Waals surface area contributed by atoms with E-state index < -0.39 is 12.1 Å². The number of hydrogen-bond donors (Lipinski definition) is 3. The van der Waals surface area contributed by atoms with Crippen LogP contribution in [0.5, 0.6) is 0 Å². The SMILES string of the molecule is CCCCCCCCCCC/C=C\C/C=C\CCCCCCCCCCCCCCCC(=O)NC(CO)C(O)CCCCCCCCCCC. The second kappa shape index (κ2) is 42.3. The van der Waals surface area contributed by atoms with E-state index in [1.54, 1.807) is 0 Å². The molecule has 1 amide bonds. The molecule has 0 saturated heterocycles. The Bertz CT molecular complexity index is 720. The Morgan fingerprint density at radius 1 is 0.480 bits per heavy atom. The monoisotopic (exact) mass is 704 g/mol. The third-order valence-electron chi connectivity index (χ3n) is 10.5. The summed E-state index contributed by atoms with van der Waals surface area (Å²) in [6.07, 6.45) is 54.2. The lowest BCUT2D eigenvalue weighted by Gasteiger charge is -2.22. The summed E-state index contributed by atoms with van der Waals surface area (Å²) in [6, 6.07) is -0.532. The Morgan fingerprint density at radius 2 is 0.820 bits per heavy atom. The molecule has 0 aliphatic rings. The number of aliphatic hydroxyl groups excluding tert-OH is 2. The summed E-state index contributed by atoms with van der Waals surface area (Å²) in [5.41, 5.74) is 0. The van der Waals surface area contributed by atoms with Gasteiger partial charge in [-0.05, 0) is 44.9 Å². The first-order valence-corrected chi connectivity index (χ1v) is 22.5. The van der Waals surface area contributed by atoms with Crippen LogP contribution in [0, 0.1) is 0 Å². The van der Waals surface area contributed by atoms with Crippen molar-refractivity contribution in [2.24, 2.45) is 0 Å². The van der Waals surface area contributed by atoms with Crippen molar-refractivity contribution in [3.8, 4) is 0 Å². The van der Waals surface area contributed by atoms with Crippen LogP contribution in [0.15, 0.2) is 24.3 Å². The van der Waals surface area contributed by atoms with Crippen molar-refractivity contribution in [2.45, 2.75) is 257 Å². The van der Waals surface area contributed by atoms with Gasteiger partial charge in [-0.15, -0.1) is 0 Å². The summed E-state index contributed by atoms with van der Waals surface area (Å²) in [4.78, 5) is 12.4. The molecule has 3 N–H and O–H groups in total. The molecule has 0 saturated carbocycles. The molecular weight excluding hydrogens is 615 g/mol. The summed E-state index contributed by atoms with van der Waals surface area (Å²) < 4.78 is 0. The van der Waals surface area contributed by atoms with Gasteiger partial charge in [0.2, 0.25) is 5.91 Å². The minimum Gasteiger partial charge on any atom is -0.394 e. The first kappa shape index (κ1) is 48.9. The van der Waals surface area contributed by atoms with E-state index >= 15 is 0 Å². The number of amides is 1. The van der Waals surface area contributed by atoms with Crippen molar-refractivity contribution in [3.05, 3.63) is 24.3 Å². The largest absolute Gasteiger partial charge is 0.394 e. The van der Waals surface area contributed by atoms with E-state index in [2.05, 4.69) is 43.5 Å². The fraction of sp³-hybridized carbons (Fsp3) is 0.891. The van der Waals surface area contributed by atoms with Gasteiger partial charge in [0.1, 0.15) is 0 Å². The van der Waals surface area contributed by atoms with E-state index in [1.807, 2.05) is 0 Å². The van der Waals surface area contributed by atoms with Gasteiger partial charge in [0.05, 0.1) is 18.8 Å². The Kier molecular flexibility index (Phi) is 41.3. The number of allylic oxidation sites excluding steroid dienone is 4. The molecular formula is C46H89NO3. The Balaban J connectivity index is 3.43. The lowest BCUT2D eigenvalue weighted by Crippen LogP contribution is -2.45. The van der Waals surface area contributed by atoms with Crippen molar-refractivity contribution >= 4 is 5.91 Å². The molecule has 0 aromatic carbocycles. The van der Waals surface area contributed by atoms with E-state index in [0.29, 0.717) is 12.8 Å². The number of rotatable bonds is 41. The van der Waals surface area contributed by atoms with Gasteiger partial charge in [-0.25, -0.2) is 0 Å². The molecule has 50 heavy (non-hydrogen) atoms. The van der Waals surface area contributed by atoms with Gasteiger partial charge in [0, 0.05) is 6.42 Å². The molecule has 0 spiro atoms. The zero-order valence-electron chi connectivity index (χ0n) is 33.9. The second-order valence-electron chi connectivity index (χ2n) is 15.5. The van der Waals surface area contributed by atoms with Gasteiger partial charge in [0.25, 0.3) is 0 Å². The Labute approximate surface area is 313 Å². The number of hydrogen-bond acceptors (Lipinski definition) is 3. The quantitative estimate of drug-likeness (QED) is 0.0438. The average Bonchev–Trinajstić information content (AvgIpc) is 3.12. The molecule has 4 heteroatoms. The van der Waals surface area contributed by atoms with Crippen molar-refractivity contribution in [3.63, 3.8) is 0 Å². The third-order valence-corrected chi connectivity index (χ3v) is 10.5. The molecule has 4 nitrogen and oxygen atoms in total. The second-order valence-corrected chi connectivity index (χ2v) is 15.5. The standard InChI is InChI=1S/C46H89NO3/c1-3-5-7-9-11-13-14-15-16-17-18-19-20-21-22-23-24-25-26-27-28-29-30-31-32-34-36-38-40-42-46(50)47-44(43-48)45(49)41-39-37-35-33-12-10-8-6-4-2/h18-19,21-22,44-45,48-49H,3-17,20,23-43H2,1-2H3,(H,47,50)/b19-18-,22-21-. The van der Waals surface area contributed by atoms with Crippen LogP contribution in [0.3, 0.4) is 0 Å². The predicted molar refractivity (Wildman–Crippen MR) is 221 cm³/mol. The molecule has 0 aliphatic carbocycles. The highest BCUT2D eigenvalue weighted by Gasteiger charge is 2.20. The zero-order valence-corrected chi connectivity index (χ0v) is 33.9. The first-order valence-electron chi connectivity index (χ1n) is 22.5. The minimum atomic E-state index is -0.655. The topological polar surface area (TPSA) is 69.6 Å². The summed E-state index contributed by atoms with van der Waals surface area (Å²) in [6.45, 7) is 4.34. The summed E-state index contributed by atoms with van der Waals surface area (Å²) in [7, 11) is 0. The number of carbonyl (C=O) groups excluding carboxylic acids is 1. The maximum atomic E-state index is 12.4. The van der Waals surface area contributed by atoms with Crippen molar-refractivity contribution in [2.75, 3.05) is 6.61 Å².